The fraction of sp³-hybridized carbons (Fsp3) is 0. The van der Waals surface area contributed by atoms with Gasteiger partial charge in [-0.15, -0.1) is 0 Å². The van der Waals surface area contributed by atoms with Crippen molar-refractivity contribution in [2.75, 3.05) is 0 Å². The van der Waals surface area contributed by atoms with Gasteiger partial charge in [0.15, 0.2) is 0 Å². The zero-order valence-corrected chi connectivity index (χ0v) is 6.55. The summed E-state index contributed by atoms with van der Waals surface area (Å²) in [6.07, 6.45) is 0. The molecule has 0 bridgehead atoms. The Hall–Kier alpha value is 2.04. The molecule has 0 aromatic carbocycles. The van der Waals surface area contributed by atoms with Crippen LogP contribution in [0.15, 0.2) is 0 Å². The minimum atomic E-state index is -2.92. The average molecular weight is 240 g/mol. The van der Waals surface area contributed by atoms with Crippen LogP contribution in [-0.4, -0.2) is 30.4 Å². The van der Waals surface area contributed by atoms with Crippen LogP contribution >= 0.6 is 0 Å². The predicted molar refractivity (Wildman–Crippen MR) is 11.5 cm³/mol. The third-order valence-corrected chi connectivity index (χ3v) is 0. The van der Waals surface area contributed by atoms with Gasteiger partial charge in [-0.2, -0.15) is 0 Å². The third-order valence-electron chi connectivity index (χ3n) is 0. The molecule has 0 aromatic rings. The van der Waals surface area contributed by atoms with Crippen molar-refractivity contribution in [3.63, 3.8) is 0 Å². The summed E-state index contributed by atoms with van der Waals surface area (Å²) in [6, 6.07) is 0. The standard InChI is InChI=1S/BO3.Gd.Mg/c2-1(3)4;;/q-3;+3;+2. The topological polar surface area (TPSA) is 69.2 Å². The van der Waals surface area contributed by atoms with Crippen LogP contribution in [0.2, 0.25) is 0 Å². The van der Waals surface area contributed by atoms with Gasteiger partial charge in [-0.25, -0.2) is 0 Å². The molecule has 0 aliphatic rings. The van der Waals surface area contributed by atoms with Gasteiger partial charge < -0.3 is 15.1 Å². The molecule has 0 saturated heterocycles. The maximum absolute atomic E-state index is 8.42. The molecular weight excluding hydrogens is 240 g/mol. The molecule has 0 heterocycles. The minimum absolute atomic E-state index is 0. The molecule has 0 fully saturated rings. The summed E-state index contributed by atoms with van der Waals surface area (Å²) >= 11 is 0. The van der Waals surface area contributed by atoms with Gasteiger partial charge in [0.1, 0.15) is 0 Å². The smallest absolute Gasteiger partial charge is 0.907 e. The van der Waals surface area contributed by atoms with Crippen molar-refractivity contribution in [3.05, 3.63) is 0 Å². The van der Waals surface area contributed by atoms with E-state index in [2.05, 4.69) is 0 Å². The molecule has 0 atom stereocenters. The van der Waals surface area contributed by atoms with E-state index in [4.69, 9.17) is 15.1 Å². The second-order valence-electron chi connectivity index (χ2n) is 0.289. The van der Waals surface area contributed by atoms with E-state index in [0.29, 0.717) is 0 Å². The van der Waals surface area contributed by atoms with E-state index in [-0.39, 0.29) is 63.0 Å². The van der Waals surface area contributed by atoms with Crippen molar-refractivity contribution < 1.29 is 55.0 Å². The minimum Gasteiger partial charge on any atom is -0.907 e. The SMILES string of the molecule is [Gd+3].[Mg+2].[O-]B([O-])[O-]. The first-order valence-electron chi connectivity index (χ1n) is 0.707. The maximum atomic E-state index is 8.42. The Bertz CT molecular complexity index is 15.5. The van der Waals surface area contributed by atoms with E-state index < -0.39 is 7.32 Å². The summed E-state index contributed by atoms with van der Waals surface area (Å²) in [5.41, 5.74) is 0. The Labute approximate surface area is 84.1 Å². The first kappa shape index (κ1) is 15.7. The van der Waals surface area contributed by atoms with E-state index in [0.717, 1.165) is 0 Å². The molecule has 29 valence electrons. The van der Waals surface area contributed by atoms with Gasteiger partial charge in [0.05, 0.1) is 0 Å². The van der Waals surface area contributed by atoms with Crippen LogP contribution in [0.25, 0.3) is 0 Å². The van der Waals surface area contributed by atoms with Crippen molar-refractivity contribution in [1.29, 1.82) is 0 Å². The summed E-state index contributed by atoms with van der Waals surface area (Å²) in [4.78, 5) is 0. The molecule has 0 unspecified atom stereocenters. The van der Waals surface area contributed by atoms with Gasteiger partial charge >= 0.3 is 63.0 Å². The zero-order chi connectivity index (χ0) is 3.58. The summed E-state index contributed by atoms with van der Waals surface area (Å²) in [5.74, 6) is 0. The van der Waals surface area contributed by atoms with E-state index in [1.165, 1.54) is 0 Å². The van der Waals surface area contributed by atoms with Crippen LogP contribution in [0.1, 0.15) is 0 Å². The van der Waals surface area contributed by atoms with E-state index >= 15 is 0 Å². The Morgan fingerprint density at radius 1 is 1.00 bits per heavy atom. The van der Waals surface area contributed by atoms with Crippen LogP contribution in [0.5, 0.6) is 0 Å². The monoisotopic (exact) mass is 241 g/mol. The third kappa shape index (κ3) is 36.9. The molecule has 6 heavy (non-hydrogen) atoms. The second-order valence-corrected chi connectivity index (χ2v) is 0.289. The number of rotatable bonds is 0. The molecule has 0 spiro atoms. The first-order chi connectivity index (χ1) is 1.73. The largest absolute Gasteiger partial charge is 3.00 e. The van der Waals surface area contributed by atoms with Crippen LogP contribution in [0.4, 0.5) is 0 Å². The van der Waals surface area contributed by atoms with Crippen molar-refractivity contribution in [3.8, 4) is 0 Å². The maximum Gasteiger partial charge on any atom is 3.00 e. The van der Waals surface area contributed by atoms with Gasteiger partial charge in [-0.05, 0) is 0 Å². The van der Waals surface area contributed by atoms with Crippen LogP contribution in [-0.2, 0) is 0 Å². The summed E-state index contributed by atoms with van der Waals surface area (Å²) in [5, 5.41) is 25.2. The van der Waals surface area contributed by atoms with Crippen molar-refractivity contribution in [2.45, 2.75) is 0 Å². The van der Waals surface area contributed by atoms with Crippen LogP contribution in [0, 0.1) is 39.9 Å². The van der Waals surface area contributed by atoms with Crippen molar-refractivity contribution in [1.82, 2.24) is 0 Å². The van der Waals surface area contributed by atoms with E-state index in [1.807, 2.05) is 0 Å². The summed E-state index contributed by atoms with van der Waals surface area (Å²) in [7, 11) is -2.92. The normalized spacial score (nSPS) is 4.50. The molecule has 3 nitrogen and oxygen atoms in total. The molecule has 1 radical (unpaired) electrons. The average Bonchev–Trinajstić information content (AvgIpc) is 0.811. The Morgan fingerprint density at radius 3 is 1.00 bits per heavy atom. The molecule has 0 rings (SSSR count). The number of hydrogen-bond donors (Lipinski definition) is 0. The van der Waals surface area contributed by atoms with E-state index in [1.54, 1.807) is 0 Å². The Balaban J connectivity index is -0.0000000450. The van der Waals surface area contributed by atoms with Gasteiger partial charge in [0.25, 0.3) is 0 Å². The van der Waals surface area contributed by atoms with Gasteiger partial charge in [-0.3, -0.25) is 7.32 Å². The van der Waals surface area contributed by atoms with Gasteiger partial charge in [0, 0.05) is 0 Å². The van der Waals surface area contributed by atoms with Gasteiger partial charge in [-0.1, -0.05) is 0 Å². The van der Waals surface area contributed by atoms with E-state index in [9.17, 15) is 0 Å². The Morgan fingerprint density at radius 2 is 1.00 bits per heavy atom. The second kappa shape index (κ2) is 10.1. The molecule has 6 heteroatoms. The fourth-order valence-electron chi connectivity index (χ4n) is 0. The Kier molecular flexibility index (Phi) is 26.4. The fourth-order valence-corrected chi connectivity index (χ4v) is 0. The molecule has 0 aliphatic heterocycles. The predicted octanol–water partition coefficient (Wildman–Crippen LogP) is -4.33. The summed E-state index contributed by atoms with van der Waals surface area (Å²) < 4.78 is 0. The van der Waals surface area contributed by atoms with Gasteiger partial charge in [0.2, 0.25) is 0 Å². The molecule has 0 N–H and O–H groups in total. The molecule has 0 saturated carbocycles. The molecule has 0 amide bonds. The summed E-state index contributed by atoms with van der Waals surface area (Å²) in [6.45, 7) is 0. The molecule has 0 aliphatic carbocycles. The quantitative estimate of drug-likeness (QED) is 0.402. The van der Waals surface area contributed by atoms with Crippen LogP contribution in [0.3, 0.4) is 0 Å². The number of hydrogen-bond acceptors (Lipinski definition) is 3. The zero-order valence-electron chi connectivity index (χ0n) is 2.86. The molecule has 0 aromatic heterocycles. The van der Waals surface area contributed by atoms with Crippen LogP contribution < -0.4 is 15.1 Å². The molecular formula is BGdMgO3+2. The van der Waals surface area contributed by atoms with Crippen molar-refractivity contribution in [2.24, 2.45) is 0 Å². The van der Waals surface area contributed by atoms with Crippen molar-refractivity contribution >= 4 is 30.4 Å². The first-order valence-corrected chi connectivity index (χ1v) is 0.707.